The lowest BCUT2D eigenvalue weighted by atomic mass is 10.0. The summed E-state index contributed by atoms with van der Waals surface area (Å²) in [6, 6.07) is 8.45. The second-order valence-corrected chi connectivity index (χ2v) is 6.09. The molecular weight excluding hydrogens is 308 g/mol. The lowest BCUT2D eigenvalue weighted by molar-refractivity contribution is -0.157. The quantitative estimate of drug-likeness (QED) is 0.773. The lowest BCUT2D eigenvalue weighted by Gasteiger charge is -2.30. The van der Waals surface area contributed by atoms with Gasteiger partial charge in [0.2, 0.25) is 0 Å². The molecule has 0 saturated carbocycles. The van der Waals surface area contributed by atoms with Crippen LogP contribution < -0.4 is 4.74 Å². The monoisotopic (exact) mass is 330 g/mol. The Morgan fingerprint density at radius 2 is 2.08 bits per heavy atom. The summed E-state index contributed by atoms with van der Waals surface area (Å²) in [6.07, 6.45) is 1.28. The van der Waals surface area contributed by atoms with Crippen LogP contribution in [0.2, 0.25) is 0 Å². The van der Waals surface area contributed by atoms with Crippen LogP contribution in [0.4, 0.5) is 0 Å². The van der Waals surface area contributed by atoms with Crippen LogP contribution in [0.5, 0.6) is 5.75 Å². The molecule has 1 aliphatic rings. The summed E-state index contributed by atoms with van der Waals surface area (Å²) in [5.74, 6) is 0.199. The van der Waals surface area contributed by atoms with Gasteiger partial charge in [-0.15, -0.1) is 0 Å². The van der Waals surface area contributed by atoms with Gasteiger partial charge >= 0.3 is 5.97 Å². The maximum Gasteiger partial charge on any atom is 0.347 e. The van der Waals surface area contributed by atoms with Crippen molar-refractivity contribution in [1.82, 2.24) is 4.90 Å². The summed E-state index contributed by atoms with van der Waals surface area (Å²) >= 11 is 0. The molecule has 1 heterocycles. The molecule has 0 N–H and O–H groups in total. The summed E-state index contributed by atoms with van der Waals surface area (Å²) in [7, 11) is 0. The van der Waals surface area contributed by atoms with E-state index in [2.05, 4.69) is 6.92 Å². The Hall–Kier alpha value is -2.55. The molecule has 0 aliphatic carbocycles. The van der Waals surface area contributed by atoms with Gasteiger partial charge in [-0.1, -0.05) is 6.92 Å². The smallest absolute Gasteiger partial charge is 0.347 e. The molecule has 24 heavy (non-hydrogen) atoms. The van der Waals surface area contributed by atoms with Crippen LogP contribution in [0.25, 0.3) is 0 Å². The maximum absolute atomic E-state index is 12.1. The normalized spacial score (nSPS) is 18.4. The molecule has 0 spiro atoms. The van der Waals surface area contributed by atoms with Crippen molar-refractivity contribution in [3.63, 3.8) is 0 Å². The number of carbonyl (C=O) groups excluding carboxylic acids is 2. The van der Waals surface area contributed by atoms with E-state index in [1.165, 1.54) is 0 Å². The van der Waals surface area contributed by atoms with Gasteiger partial charge in [0.25, 0.3) is 5.91 Å². The van der Waals surface area contributed by atoms with Crippen molar-refractivity contribution in [2.24, 2.45) is 5.92 Å². The van der Waals surface area contributed by atoms with Crippen molar-refractivity contribution >= 4 is 11.9 Å². The van der Waals surface area contributed by atoms with E-state index in [-0.39, 0.29) is 12.5 Å². The van der Waals surface area contributed by atoms with E-state index < -0.39 is 12.1 Å². The second-order valence-electron chi connectivity index (χ2n) is 6.09. The minimum absolute atomic E-state index is 0.166. The molecule has 128 valence electrons. The Morgan fingerprint density at radius 3 is 2.71 bits per heavy atom. The van der Waals surface area contributed by atoms with Crippen LogP contribution >= 0.6 is 0 Å². The number of benzene rings is 1. The molecule has 0 radical (unpaired) electrons. The van der Waals surface area contributed by atoms with Crippen molar-refractivity contribution in [3.05, 3.63) is 29.8 Å². The van der Waals surface area contributed by atoms with E-state index in [1.807, 2.05) is 6.07 Å². The van der Waals surface area contributed by atoms with Crippen LogP contribution in [0.15, 0.2) is 24.3 Å². The second kappa shape index (κ2) is 8.34. The molecule has 2 atom stereocenters. The summed E-state index contributed by atoms with van der Waals surface area (Å²) in [4.78, 5) is 25.8. The van der Waals surface area contributed by atoms with Crippen LogP contribution in [-0.4, -0.2) is 42.6 Å². The molecule has 1 aliphatic heterocycles. The Bertz CT molecular complexity index is 621. The standard InChI is InChI=1S/C18H22N2O4/c1-13-4-3-9-20(11-13)17(21)12-23-18(22)14(2)24-16-7-5-15(10-19)6-8-16/h5-8,13-14H,3-4,9,11-12H2,1-2H3/t13-,14+/m1/s1. The first-order valence-electron chi connectivity index (χ1n) is 8.11. The number of carbonyl (C=O) groups is 2. The minimum atomic E-state index is -0.828. The Labute approximate surface area is 142 Å². The zero-order valence-electron chi connectivity index (χ0n) is 14.0. The first kappa shape index (κ1) is 17.8. The average molecular weight is 330 g/mol. The summed E-state index contributed by atoms with van der Waals surface area (Å²) < 4.78 is 10.5. The van der Waals surface area contributed by atoms with E-state index in [9.17, 15) is 9.59 Å². The van der Waals surface area contributed by atoms with Gasteiger partial charge in [-0.2, -0.15) is 5.26 Å². The van der Waals surface area contributed by atoms with Crippen molar-refractivity contribution in [3.8, 4) is 11.8 Å². The molecule has 6 nitrogen and oxygen atoms in total. The van der Waals surface area contributed by atoms with E-state index in [0.29, 0.717) is 23.8 Å². The predicted molar refractivity (Wildman–Crippen MR) is 87.2 cm³/mol. The molecule has 1 saturated heterocycles. The number of rotatable bonds is 5. The van der Waals surface area contributed by atoms with Gasteiger partial charge in [0.15, 0.2) is 12.7 Å². The first-order valence-corrected chi connectivity index (χ1v) is 8.11. The van der Waals surface area contributed by atoms with Crippen LogP contribution in [-0.2, 0) is 14.3 Å². The van der Waals surface area contributed by atoms with E-state index in [1.54, 1.807) is 36.1 Å². The van der Waals surface area contributed by atoms with E-state index in [0.717, 1.165) is 19.4 Å². The highest BCUT2D eigenvalue weighted by Crippen LogP contribution is 2.16. The highest BCUT2D eigenvalue weighted by Gasteiger charge is 2.23. The Balaban J connectivity index is 1.78. The van der Waals surface area contributed by atoms with Crippen molar-refractivity contribution in [2.75, 3.05) is 19.7 Å². The largest absolute Gasteiger partial charge is 0.479 e. The van der Waals surface area contributed by atoms with Gasteiger partial charge in [0.05, 0.1) is 11.6 Å². The summed E-state index contributed by atoms with van der Waals surface area (Å²) in [6.45, 7) is 4.85. The number of hydrogen-bond acceptors (Lipinski definition) is 5. The lowest BCUT2D eigenvalue weighted by Crippen LogP contribution is -2.42. The molecule has 6 heteroatoms. The number of piperidine rings is 1. The molecule has 1 aromatic carbocycles. The molecule has 1 fully saturated rings. The molecule has 2 rings (SSSR count). The molecule has 1 aromatic rings. The van der Waals surface area contributed by atoms with Gasteiger partial charge in [-0.25, -0.2) is 4.79 Å². The van der Waals surface area contributed by atoms with Crippen molar-refractivity contribution in [2.45, 2.75) is 32.8 Å². The zero-order valence-corrected chi connectivity index (χ0v) is 14.0. The number of likely N-dealkylation sites (tertiary alicyclic amines) is 1. The van der Waals surface area contributed by atoms with Gasteiger partial charge < -0.3 is 14.4 Å². The summed E-state index contributed by atoms with van der Waals surface area (Å²) in [5, 5.41) is 8.74. The number of hydrogen-bond donors (Lipinski definition) is 0. The van der Waals surface area contributed by atoms with Crippen LogP contribution in [0.1, 0.15) is 32.3 Å². The highest BCUT2D eigenvalue weighted by molar-refractivity contribution is 5.82. The van der Waals surface area contributed by atoms with E-state index >= 15 is 0 Å². The highest BCUT2D eigenvalue weighted by atomic mass is 16.6. The molecule has 0 unspecified atom stereocenters. The van der Waals surface area contributed by atoms with Gasteiger partial charge in [-0.3, -0.25) is 4.79 Å². The van der Waals surface area contributed by atoms with Crippen LogP contribution in [0.3, 0.4) is 0 Å². The zero-order chi connectivity index (χ0) is 17.5. The molecular formula is C18H22N2O4. The van der Waals surface area contributed by atoms with Gasteiger partial charge in [-0.05, 0) is 49.9 Å². The number of ether oxygens (including phenoxy) is 2. The fourth-order valence-electron chi connectivity index (χ4n) is 2.62. The Morgan fingerprint density at radius 1 is 1.38 bits per heavy atom. The van der Waals surface area contributed by atoms with Crippen LogP contribution in [0, 0.1) is 17.2 Å². The molecule has 0 bridgehead atoms. The number of esters is 1. The van der Waals surface area contributed by atoms with Crippen molar-refractivity contribution < 1.29 is 19.1 Å². The van der Waals surface area contributed by atoms with E-state index in [4.69, 9.17) is 14.7 Å². The number of nitrogens with zero attached hydrogens (tertiary/aromatic N) is 2. The predicted octanol–water partition coefficient (Wildman–Crippen LogP) is 2.13. The third kappa shape index (κ3) is 4.98. The van der Waals surface area contributed by atoms with Crippen molar-refractivity contribution in [1.29, 1.82) is 5.26 Å². The maximum atomic E-state index is 12.1. The number of amides is 1. The first-order chi connectivity index (χ1) is 11.5. The minimum Gasteiger partial charge on any atom is -0.479 e. The average Bonchev–Trinajstić information content (AvgIpc) is 2.60. The topological polar surface area (TPSA) is 79.6 Å². The van der Waals surface area contributed by atoms with Gasteiger partial charge in [0.1, 0.15) is 5.75 Å². The molecule has 0 aromatic heterocycles. The third-order valence-electron chi connectivity index (χ3n) is 3.98. The third-order valence-corrected chi connectivity index (χ3v) is 3.98. The fraction of sp³-hybridized carbons (Fsp3) is 0.500. The van der Waals surface area contributed by atoms with Gasteiger partial charge in [0, 0.05) is 13.1 Å². The number of nitriles is 1. The molecule has 1 amide bonds. The SMILES string of the molecule is C[C@@H]1CCCN(C(=O)COC(=O)[C@H](C)Oc2ccc(C#N)cc2)C1. The Kier molecular flexibility index (Phi) is 6.19. The fourth-order valence-corrected chi connectivity index (χ4v) is 2.62. The summed E-state index contributed by atoms with van der Waals surface area (Å²) in [5.41, 5.74) is 0.513.